The van der Waals surface area contributed by atoms with E-state index in [9.17, 15) is 0 Å². The van der Waals surface area contributed by atoms with Crippen LogP contribution in [0.15, 0.2) is 164 Å². The summed E-state index contributed by atoms with van der Waals surface area (Å²) in [6.45, 7) is 0. The molecule has 0 fully saturated rings. The summed E-state index contributed by atoms with van der Waals surface area (Å²) in [5.41, 5.74) is 11.7. The summed E-state index contributed by atoms with van der Waals surface area (Å²) in [6.07, 6.45) is 3.70. The van der Waals surface area contributed by atoms with Crippen LogP contribution >= 0.6 is 0 Å². The third-order valence-corrected chi connectivity index (χ3v) is 7.37. The lowest BCUT2D eigenvalue weighted by Crippen LogP contribution is -1.96. The fourth-order valence-electron chi connectivity index (χ4n) is 5.22. The van der Waals surface area contributed by atoms with Crippen LogP contribution in [0.25, 0.3) is 67.3 Å². The van der Waals surface area contributed by atoms with E-state index in [1.165, 1.54) is 5.56 Å². The summed E-state index contributed by atoms with van der Waals surface area (Å²) in [7, 11) is 0. The second-order valence-corrected chi connectivity index (χ2v) is 10.2. The second kappa shape index (κ2) is 11.4. The topological polar surface area (TPSA) is 38.7 Å². The standard InChI is InChI=1S/C39H27N3/c1-3-11-28(12-4-1)30-15-8-19-34(24-30)37-26-38(42-39(41-37)29-13-5-2-6-14-29)35-20-9-17-32(25-35)31-16-7-18-33(23-31)36-21-10-22-40-27-36/h1-27H. The average Bonchev–Trinajstić information content (AvgIpc) is 3.09. The van der Waals surface area contributed by atoms with Crippen LogP contribution in [-0.2, 0) is 0 Å². The normalized spacial score (nSPS) is 10.9. The first kappa shape index (κ1) is 25.3. The predicted molar refractivity (Wildman–Crippen MR) is 172 cm³/mol. The van der Waals surface area contributed by atoms with Crippen molar-refractivity contribution in [3.05, 3.63) is 164 Å². The lowest BCUT2D eigenvalue weighted by atomic mass is 9.97. The highest BCUT2D eigenvalue weighted by atomic mass is 14.9. The van der Waals surface area contributed by atoms with Gasteiger partial charge in [0.1, 0.15) is 0 Å². The van der Waals surface area contributed by atoms with E-state index in [-0.39, 0.29) is 0 Å². The molecule has 0 atom stereocenters. The largest absolute Gasteiger partial charge is 0.264 e. The molecular weight excluding hydrogens is 510 g/mol. The summed E-state index contributed by atoms with van der Waals surface area (Å²) in [4.78, 5) is 14.4. The molecular formula is C39H27N3. The van der Waals surface area contributed by atoms with Crippen molar-refractivity contribution in [3.8, 4) is 67.3 Å². The van der Waals surface area contributed by atoms with Crippen molar-refractivity contribution >= 4 is 0 Å². The van der Waals surface area contributed by atoms with Gasteiger partial charge >= 0.3 is 0 Å². The Morgan fingerprint density at radius 3 is 1.29 bits per heavy atom. The molecule has 42 heavy (non-hydrogen) atoms. The quantitative estimate of drug-likeness (QED) is 0.212. The van der Waals surface area contributed by atoms with Gasteiger partial charge < -0.3 is 0 Å². The Hall–Kier alpha value is -5.67. The van der Waals surface area contributed by atoms with Gasteiger partial charge in [0.15, 0.2) is 5.82 Å². The zero-order chi connectivity index (χ0) is 28.1. The zero-order valence-electron chi connectivity index (χ0n) is 22.9. The van der Waals surface area contributed by atoms with Crippen LogP contribution in [0.4, 0.5) is 0 Å². The maximum Gasteiger partial charge on any atom is 0.160 e. The number of pyridine rings is 1. The fourth-order valence-corrected chi connectivity index (χ4v) is 5.22. The smallest absolute Gasteiger partial charge is 0.160 e. The Morgan fingerprint density at radius 1 is 0.310 bits per heavy atom. The molecule has 3 nitrogen and oxygen atoms in total. The summed E-state index contributed by atoms with van der Waals surface area (Å²) >= 11 is 0. The molecule has 0 aliphatic carbocycles. The summed E-state index contributed by atoms with van der Waals surface area (Å²) < 4.78 is 0. The maximum absolute atomic E-state index is 5.06. The molecule has 0 spiro atoms. The molecule has 7 rings (SSSR count). The summed E-state index contributed by atoms with van der Waals surface area (Å²) in [6, 6.07) is 52.5. The van der Waals surface area contributed by atoms with Crippen molar-refractivity contribution in [2.24, 2.45) is 0 Å². The van der Waals surface area contributed by atoms with Gasteiger partial charge in [0.25, 0.3) is 0 Å². The van der Waals surface area contributed by atoms with Gasteiger partial charge in [-0.05, 0) is 58.1 Å². The molecule has 5 aromatic carbocycles. The van der Waals surface area contributed by atoms with Gasteiger partial charge in [0.05, 0.1) is 11.4 Å². The molecule has 2 aromatic heterocycles. The highest BCUT2D eigenvalue weighted by molar-refractivity contribution is 5.79. The minimum absolute atomic E-state index is 0.706. The molecule has 7 aromatic rings. The van der Waals surface area contributed by atoms with E-state index < -0.39 is 0 Å². The van der Waals surface area contributed by atoms with E-state index >= 15 is 0 Å². The minimum atomic E-state index is 0.706. The Balaban J connectivity index is 1.33. The Morgan fingerprint density at radius 2 is 0.738 bits per heavy atom. The number of hydrogen-bond donors (Lipinski definition) is 0. The van der Waals surface area contributed by atoms with E-state index in [2.05, 4.69) is 126 Å². The molecule has 198 valence electrons. The number of nitrogens with zero attached hydrogens (tertiary/aromatic N) is 3. The number of rotatable bonds is 6. The van der Waals surface area contributed by atoms with Crippen molar-refractivity contribution in [3.63, 3.8) is 0 Å². The predicted octanol–water partition coefficient (Wildman–Crippen LogP) is 9.87. The van der Waals surface area contributed by atoms with E-state index in [1.54, 1.807) is 6.20 Å². The van der Waals surface area contributed by atoms with Crippen molar-refractivity contribution in [2.45, 2.75) is 0 Å². The fraction of sp³-hybridized carbons (Fsp3) is 0. The van der Waals surface area contributed by atoms with Crippen LogP contribution in [0, 0.1) is 0 Å². The van der Waals surface area contributed by atoms with Gasteiger partial charge in [-0.25, -0.2) is 9.97 Å². The molecule has 0 amide bonds. The monoisotopic (exact) mass is 537 g/mol. The number of aromatic nitrogens is 3. The average molecular weight is 538 g/mol. The molecule has 0 aliphatic heterocycles. The highest BCUT2D eigenvalue weighted by Crippen LogP contribution is 2.33. The summed E-state index contributed by atoms with van der Waals surface area (Å²) in [5, 5.41) is 0. The number of benzene rings is 5. The van der Waals surface area contributed by atoms with Gasteiger partial charge in [-0.15, -0.1) is 0 Å². The Bertz CT molecular complexity index is 1970. The van der Waals surface area contributed by atoms with Crippen LogP contribution in [0.5, 0.6) is 0 Å². The first-order valence-corrected chi connectivity index (χ1v) is 14.0. The van der Waals surface area contributed by atoms with Crippen LogP contribution < -0.4 is 0 Å². The van der Waals surface area contributed by atoms with Crippen LogP contribution in [0.2, 0.25) is 0 Å². The van der Waals surface area contributed by atoms with E-state index in [0.29, 0.717) is 5.82 Å². The van der Waals surface area contributed by atoms with Crippen molar-refractivity contribution in [2.75, 3.05) is 0 Å². The highest BCUT2D eigenvalue weighted by Gasteiger charge is 2.12. The third-order valence-electron chi connectivity index (χ3n) is 7.37. The SMILES string of the molecule is c1ccc(-c2cccc(-c3cc(-c4cccc(-c5cccc(-c6cccnc6)c5)c4)nc(-c4ccccc4)n3)c2)cc1. The molecule has 0 aliphatic rings. The van der Waals surface area contributed by atoms with E-state index in [1.807, 2.05) is 36.5 Å². The van der Waals surface area contributed by atoms with E-state index in [0.717, 1.165) is 55.9 Å². The molecule has 0 saturated heterocycles. The summed E-state index contributed by atoms with van der Waals surface area (Å²) in [5.74, 6) is 0.706. The van der Waals surface area contributed by atoms with Crippen LogP contribution in [0.1, 0.15) is 0 Å². The van der Waals surface area contributed by atoms with E-state index in [4.69, 9.17) is 9.97 Å². The first-order chi connectivity index (χ1) is 20.8. The molecule has 3 heteroatoms. The maximum atomic E-state index is 5.06. The van der Waals surface area contributed by atoms with Crippen molar-refractivity contribution in [1.82, 2.24) is 15.0 Å². The molecule has 0 saturated carbocycles. The first-order valence-electron chi connectivity index (χ1n) is 14.0. The van der Waals surface area contributed by atoms with Crippen molar-refractivity contribution in [1.29, 1.82) is 0 Å². The molecule has 0 bridgehead atoms. The second-order valence-electron chi connectivity index (χ2n) is 10.2. The van der Waals surface area contributed by atoms with Gasteiger partial charge in [-0.3, -0.25) is 4.98 Å². The molecule has 0 radical (unpaired) electrons. The van der Waals surface area contributed by atoms with Crippen molar-refractivity contribution < 1.29 is 0 Å². The minimum Gasteiger partial charge on any atom is -0.264 e. The van der Waals surface area contributed by atoms with Gasteiger partial charge in [-0.2, -0.15) is 0 Å². The lowest BCUT2D eigenvalue weighted by molar-refractivity contribution is 1.18. The zero-order valence-corrected chi connectivity index (χ0v) is 22.9. The third kappa shape index (κ3) is 5.36. The van der Waals surface area contributed by atoms with Crippen LogP contribution in [0.3, 0.4) is 0 Å². The molecule has 0 N–H and O–H groups in total. The van der Waals surface area contributed by atoms with Gasteiger partial charge in [0.2, 0.25) is 0 Å². The van der Waals surface area contributed by atoms with Gasteiger partial charge in [0, 0.05) is 34.6 Å². The van der Waals surface area contributed by atoms with Crippen LogP contribution in [-0.4, -0.2) is 15.0 Å². The Labute approximate surface area is 245 Å². The Kier molecular flexibility index (Phi) is 6.89. The number of hydrogen-bond acceptors (Lipinski definition) is 3. The molecule has 2 heterocycles. The molecule has 0 unspecified atom stereocenters. The van der Waals surface area contributed by atoms with Gasteiger partial charge in [-0.1, -0.05) is 121 Å². The lowest BCUT2D eigenvalue weighted by Gasteiger charge is -2.12.